The van der Waals surface area contributed by atoms with Gasteiger partial charge in [0.2, 0.25) is 0 Å². The van der Waals surface area contributed by atoms with Crippen molar-refractivity contribution in [3.05, 3.63) is 16.1 Å². The largest absolute Gasteiger partial charge is 0.317 e. The van der Waals surface area contributed by atoms with Crippen LogP contribution in [-0.4, -0.2) is 35.6 Å². The van der Waals surface area contributed by atoms with Gasteiger partial charge in [-0.1, -0.05) is 6.92 Å². The van der Waals surface area contributed by atoms with Gasteiger partial charge in [0.25, 0.3) is 0 Å². The molecule has 1 aromatic rings. The van der Waals surface area contributed by atoms with Gasteiger partial charge in [-0.25, -0.2) is 4.98 Å². The molecule has 1 aliphatic heterocycles. The van der Waals surface area contributed by atoms with Crippen LogP contribution in [0.15, 0.2) is 6.20 Å². The molecule has 1 aromatic heterocycles. The van der Waals surface area contributed by atoms with Crippen molar-refractivity contribution in [2.75, 3.05) is 13.6 Å². The predicted octanol–water partition coefficient (Wildman–Crippen LogP) is 2.84. The molecular formula is C14H25N3S. The molecule has 4 heteroatoms. The SMILES string of the molecule is CCc1cnc(C(C)N2CCC(NC)CC2C)s1. The van der Waals surface area contributed by atoms with Gasteiger partial charge in [0.15, 0.2) is 0 Å². The monoisotopic (exact) mass is 267 g/mol. The van der Waals surface area contributed by atoms with Gasteiger partial charge in [-0.15, -0.1) is 11.3 Å². The van der Waals surface area contributed by atoms with Gasteiger partial charge in [-0.2, -0.15) is 0 Å². The van der Waals surface area contributed by atoms with E-state index < -0.39 is 0 Å². The van der Waals surface area contributed by atoms with Gasteiger partial charge >= 0.3 is 0 Å². The summed E-state index contributed by atoms with van der Waals surface area (Å²) in [5, 5.41) is 4.69. The summed E-state index contributed by atoms with van der Waals surface area (Å²) in [5.41, 5.74) is 0. The van der Waals surface area contributed by atoms with Crippen LogP contribution in [-0.2, 0) is 6.42 Å². The summed E-state index contributed by atoms with van der Waals surface area (Å²) in [7, 11) is 2.07. The topological polar surface area (TPSA) is 28.2 Å². The second-order valence-electron chi connectivity index (χ2n) is 5.29. The first kappa shape index (κ1) is 14.0. The number of likely N-dealkylation sites (tertiary alicyclic amines) is 1. The Balaban J connectivity index is 2.02. The molecule has 18 heavy (non-hydrogen) atoms. The number of hydrogen-bond donors (Lipinski definition) is 1. The van der Waals surface area contributed by atoms with E-state index in [0.717, 1.165) is 6.42 Å². The number of piperidine rings is 1. The van der Waals surface area contributed by atoms with Crippen molar-refractivity contribution in [1.82, 2.24) is 15.2 Å². The second-order valence-corrected chi connectivity index (χ2v) is 6.44. The molecule has 102 valence electrons. The highest BCUT2D eigenvalue weighted by Gasteiger charge is 2.29. The summed E-state index contributed by atoms with van der Waals surface area (Å²) in [6, 6.07) is 1.79. The first-order chi connectivity index (χ1) is 8.65. The maximum absolute atomic E-state index is 4.60. The Labute approximate surface area is 115 Å². The lowest BCUT2D eigenvalue weighted by atomic mass is 9.97. The molecule has 0 aliphatic carbocycles. The third kappa shape index (κ3) is 2.92. The molecule has 0 aromatic carbocycles. The van der Waals surface area contributed by atoms with Crippen LogP contribution in [0.3, 0.4) is 0 Å². The highest BCUT2D eigenvalue weighted by atomic mass is 32.1. The van der Waals surface area contributed by atoms with Crippen LogP contribution < -0.4 is 5.32 Å². The molecule has 1 N–H and O–H groups in total. The number of rotatable bonds is 4. The predicted molar refractivity (Wildman–Crippen MR) is 78.2 cm³/mol. The Morgan fingerprint density at radius 2 is 2.39 bits per heavy atom. The Hall–Kier alpha value is -0.450. The lowest BCUT2D eigenvalue weighted by Gasteiger charge is -2.40. The minimum atomic E-state index is 0.461. The van der Waals surface area contributed by atoms with Crippen molar-refractivity contribution in [3.8, 4) is 0 Å². The molecule has 3 atom stereocenters. The lowest BCUT2D eigenvalue weighted by molar-refractivity contribution is 0.0973. The Morgan fingerprint density at radius 3 is 2.94 bits per heavy atom. The average molecular weight is 267 g/mol. The van der Waals surface area contributed by atoms with Gasteiger partial charge in [0.05, 0.1) is 6.04 Å². The van der Waals surface area contributed by atoms with E-state index in [4.69, 9.17) is 0 Å². The van der Waals surface area contributed by atoms with E-state index in [1.807, 2.05) is 17.5 Å². The van der Waals surface area contributed by atoms with Crippen molar-refractivity contribution in [3.63, 3.8) is 0 Å². The molecule has 2 rings (SSSR count). The lowest BCUT2D eigenvalue weighted by Crippen LogP contribution is -2.47. The van der Waals surface area contributed by atoms with E-state index >= 15 is 0 Å². The van der Waals surface area contributed by atoms with E-state index in [-0.39, 0.29) is 0 Å². The Bertz CT molecular complexity index is 377. The van der Waals surface area contributed by atoms with Crippen LogP contribution in [0.25, 0.3) is 0 Å². The Morgan fingerprint density at radius 1 is 1.61 bits per heavy atom. The highest BCUT2D eigenvalue weighted by molar-refractivity contribution is 7.11. The fourth-order valence-electron chi connectivity index (χ4n) is 2.85. The molecule has 0 radical (unpaired) electrons. The summed E-state index contributed by atoms with van der Waals surface area (Å²) in [6.07, 6.45) is 5.63. The number of aryl methyl sites for hydroxylation is 1. The zero-order valence-electron chi connectivity index (χ0n) is 11.9. The molecule has 0 saturated carbocycles. The van der Waals surface area contributed by atoms with E-state index in [9.17, 15) is 0 Å². The molecule has 3 nitrogen and oxygen atoms in total. The van der Waals surface area contributed by atoms with Gasteiger partial charge in [0.1, 0.15) is 5.01 Å². The van der Waals surface area contributed by atoms with Crippen LogP contribution in [0.1, 0.15) is 49.5 Å². The summed E-state index contributed by atoms with van der Waals surface area (Å²) >= 11 is 1.87. The fraction of sp³-hybridized carbons (Fsp3) is 0.786. The number of thiazole rings is 1. The molecule has 3 unspecified atom stereocenters. The maximum atomic E-state index is 4.60. The quantitative estimate of drug-likeness (QED) is 0.909. The number of nitrogens with one attached hydrogen (secondary N) is 1. The average Bonchev–Trinajstić information content (AvgIpc) is 2.86. The normalized spacial score (nSPS) is 27.3. The van der Waals surface area contributed by atoms with Crippen molar-refractivity contribution in [1.29, 1.82) is 0 Å². The second kappa shape index (κ2) is 6.13. The zero-order chi connectivity index (χ0) is 13.1. The third-order valence-corrected chi connectivity index (χ3v) is 5.42. The van der Waals surface area contributed by atoms with Crippen LogP contribution >= 0.6 is 11.3 Å². The van der Waals surface area contributed by atoms with Gasteiger partial charge in [0, 0.05) is 29.7 Å². The van der Waals surface area contributed by atoms with E-state index in [0.29, 0.717) is 18.1 Å². The van der Waals surface area contributed by atoms with Crippen molar-refractivity contribution < 1.29 is 0 Å². The summed E-state index contributed by atoms with van der Waals surface area (Å²) < 4.78 is 0. The van der Waals surface area contributed by atoms with Gasteiger partial charge < -0.3 is 5.32 Å². The molecule has 1 aliphatic rings. The first-order valence-electron chi connectivity index (χ1n) is 7.03. The van der Waals surface area contributed by atoms with Crippen molar-refractivity contribution in [2.24, 2.45) is 0 Å². The highest BCUT2D eigenvalue weighted by Crippen LogP contribution is 2.30. The molecular weight excluding hydrogens is 242 g/mol. The third-order valence-electron chi connectivity index (χ3n) is 4.11. The van der Waals surface area contributed by atoms with Crippen LogP contribution in [0, 0.1) is 0 Å². The smallest absolute Gasteiger partial charge is 0.110 e. The van der Waals surface area contributed by atoms with Crippen LogP contribution in [0.4, 0.5) is 0 Å². The number of hydrogen-bond acceptors (Lipinski definition) is 4. The molecule has 2 heterocycles. The van der Waals surface area contributed by atoms with E-state index in [1.54, 1.807) is 0 Å². The molecule has 0 amide bonds. The summed E-state index contributed by atoms with van der Waals surface area (Å²) in [6.45, 7) is 8.01. The molecule has 0 spiro atoms. The van der Waals surface area contributed by atoms with Crippen molar-refractivity contribution >= 4 is 11.3 Å². The number of nitrogens with zero attached hydrogens (tertiary/aromatic N) is 2. The van der Waals surface area contributed by atoms with Crippen molar-refractivity contribution in [2.45, 2.75) is 58.2 Å². The standard InChI is InChI=1S/C14H25N3S/c1-5-13-9-16-14(18-13)11(3)17-7-6-12(15-4)8-10(17)2/h9-12,15H,5-8H2,1-4H3. The fourth-order valence-corrected chi connectivity index (χ4v) is 3.78. The summed E-state index contributed by atoms with van der Waals surface area (Å²) in [5.74, 6) is 0. The van der Waals surface area contributed by atoms with Gasteiger partial charge in [-0.05, 0) is 40.2 Å². The van der Waals surface area contributed by atoms with E-state index in [2.05, 4.69) is 43.0 Å². The minimum absolute atomic E-state index is 0.461. The molecule has 0 bridgehead atoms. The van der Waals surface area contributed by atoms with E-state index in [1.165, 1.54) is 29.3 Å². The minimum Gasteiger partial charge on any atom is -0.317 e. The number of aromatic nitrogens is 1. The maximum Gasteiger partial charge on any atom is 0.110 e. The first-order valence-corrected chi connectivity index (χ1v) is 7.85. The molecule has 1 fully saturated rings. The zero-order valence-corrected chi connectivity index (χ0v) is 12.8. The summed E-state index contributed by atoms with van der Waals surface area (Å²) in [4.78, 5) is 8.60. The van der Waals surface area contributed by atoms with Crippen LogP contribution in [0.2, 0.25) is 0 Å². The van der Waals surface area contributed by atoms with Gasteiger partial charge in [-0.3, -0.25) is 4.90 Å². The van der Waals surface area contributed by atoms with Crippen LogP contribution in [0.5, 0.6) is 0 Å². The molecule has 1 saturated heterocycles. The Kier molecular flexibility index (Phi) is 4.76.